The molecule has 0 bridgehead atoms. The zero-order chi connectivity index (χ0) is 23.6. The van der Waals surface area contributed by atoms with Crippen molar-refractivity contribution in [1.29, 1.82) is 0 Å². The molecule has 0 amide bonds. The van der Waals surface area contributed by atoms with Gasteiger partial charge in [-0.15, -0.1) is 0 Å². The van der Waals surface area contributed by atoms with Gasteiger partial charge in [-0.3, -0.25) is 0 Å². The minimum atomic E-state index is 0. The van der Waals surface area contributed by atoms with E-state index in [9.17, 15) is 0 Å². The maximum absolute atomic E-state index is 2.40. The molecule has 0 aromatic carbocycles. The van der Waals surface area contributed by atoms with Crippen molar-refractivity contribution in [2.45, 2.75) is 145 Å². The van der Waals surface area contributed by atoms with Crippen molar-refractivity contribution in [1.82, 2.24) is 0 Å². The minimum Gasteiger partial charge on any atom is -0.0951 e. The molecule has 0 aliphatic carbocycles. The molecule has 0 aromatic heterocycles. The molecule has 0 fully saturated rings. The molecule has 0 saturated carbocycles. The van der Waals surface area contributed by atoms with Gasteiger partial charge in [0.25, 0.3) is 0 Å². The predicted octanol–water partition coefficient (Wildman–Crippen LogP) is 10.2. The standard InChI is InChI=1S/2C13H29P.Pd/c2*1-11(2,3)10-14(12(4,5)6)13(7,8)9;/h2*10H2,1-9H3;. The second-order valence-electron chi connectivity index (χ2n) is 15.0. The summed E-state index contributed by atoms with van der Waals surface area (Å²) in [5.74, 6) is 0. The largest absolute Gasteiger partial charge is 0.0951 e. The van der Waals surface area contributed by atoms with E-state index in [0.29, 0.717) is 31.5 Å². The van der Waals surface area contributed by atoms with E-state index >= 15 is 0 Å². The zero-order valence-corrected chi connectivity index (χ0v) is 27.0. The second-order valence-corrected chi connectivity index (χ2v) is 22.7. The molecule has 3 heteroatoms. The van der Waals surface area contributed by atoms with Gasteiger partial charge in [0.1, 0.15) is 0 Å². The summed E-state index contributed by atoms with van der Waals surface area (Å²) in [7, 11) is 0.138. The van der Waals surface area contributed by atoms with Gasteiger partial charge in [-0.1, -0.05) is 140 Å². The van der Waals surface area contributed by atoms with Crippen molar-refractivity contribution >= 4 is 15.8 Å². The van der Waals surface area contributed by atoms with Crippen molar-refractivity contribution in [3.63, 3.8) is 0 Å². The fraction of sp³-hybridized carbons (Fsp3) is 1.00. The average Bonchev–Trinajstić information content (AvgIpc) is 2.26. The monoisotopic (exact) mass is 538 g/mol. The van der Waals surface area contributed by atoms with Crippen molar-refractivity contribution < 1.29 is 20.4 Å². The third-order valence-electron chi connectivity index (χ3n) is 4.50. The Kier molecular flexibility index (Phi) is 14.0. The van der Waals surface area contributed by atoms with Crippen LogP contribution in [0.4, 0.5) is 0 Å². The first-order valence-electron chi connectivity index (χ1n) is 11.2. The average molecular weight is 539 g/mol. The molecule has 29 heavy (non-hydrogen) atoms. The molecule has 0 atom stereocenters. The number of hydrogen-bond donors (Lipinski definition) is 0. The Morgan fingerprint density at radius 3 is 0.517 bits per heavy atom. The van der Waals surface area contributed by atoms with Crippen LogP contribution in [0.25, 0.3) is 0 Å². The van der Waals surface area contributed by atoms with Crippen LogP contribution in [-0.4, -0.2) is 32.9 Å². The van der Waals surface area contributed by atoms with Gasteiger partial charge in [0.15, 0.2) is 0 Å². The Labute approximate surface area is 204 Å². The van der Waals surface area contributed by atoms with Crippen LogP contribution in [0.2, 0.25) is 0 Å². The fourth-order valence-corrected chi connectivity index (χ4v) is 11.7. The molecule has 0 nitrogen and oxygen atoms in total. The van der Waals surface area contributed by atoms with Crippen LogP contribution in [0.5, 0.6) is 0 Å². The molecular formula is C26H58P2Pd. The summed E-state index contributed by atoms with van der Waals surface area (Å²) in [6.07, 6.45) is 2.74. The molecule has 0 aromatic rings. The Balaban J connectivity index is -0.000000451. The van der Waals surface area contributed by atoms with E-state index in [1.54, 1.807) is 0 Å². The minimum absolute atomic E-state index is 0. The first-order chi connectivity index (χ1) is 11.7. The third-order valence-corrected chi connectivity index (χ3v) is 13.5. The summed E-state index contributed by atoms with van der Waals surface area (Å²) in [6, 6.07) is 0. The second kappa shape index (κ2) is 11.6. The van der Waals surface area contributed by atoms with Crippen LogP contribution >= 0.6 is 15.8 Å². The quantitative estimate of drug-likeness (QED) is 0.242. The molecule has 0 radical (unpaired) electrons. The van der Waals surface area contributed by atoms with Crippen molar-refractivity contribution in [3.8, 4) is 0 Å². The topological polar surface area (TPSA) is 0 Å². The Bertz CT molecular complexity index is 368. The molecular weight excluding hydrogens is 481 g/mol. The summed E-state index contributed by atoms with van der Waals surface area (Å²) >= 11 is 0. The molecule has 0 heterocycles. The molecule has 0 N–H and O–H groups in total. The Hall–Kier alpha value is 1.52. The zero-order valence-electron chi connectivity index (χ0n) is 23.6. The van der Waals surface area contributed by atoms with Crippen LogP contribution < -0.4 is 0 Å². The molecule has 0 aliphatic rings. The van der Waals surface area contributed by atoms with Crippen LogP contribution in [-0.2, 0) is 20.4 Å². The Morgan fingerprint density at radius 2 is 0.483 bits per heavy atom. The first kappa shape index (κ1) is 35.1. The maximum atomic E-state index is 2.40. The maximum Gasteiger partial charge on any atom is 0 e. The summed E-state index contributed by atoms with van der Waals surface area (Å²) < 4.78 is 0. The molecule has 182 valence electrons. The van der Waals surface area contributed by atoms with E-state index in [1.807, 2.05) is 0 Å². The predicted molar refractivity (Wildman–Crippen MR) is 141 cm³/mol. The number of rotatable bonds is 2. The van der Waals surface area contributed by atoms with Gasteiger partial charge in [0.05, 0.1) is 0 Å². The van der Waals surface area contributed by atoms with Crippen LogP contribution in [0, 0.1) is 10.8 Å². The van der Waals surface area contributed by atoms with Gasteiger partial charge < -0.3 is 0 Å². The van der Waals surface area contributed by atoms with E-state index in [2.05, 4.69) is 125 Å². The van der Waals surface area contributed by atoms with Gasteiger partial charge in [-0.2, -0.15) is 0 Å². The van der Waals surface area contributed by atoms with E-state index in [4.69, 9.17) is 0 Å². The summed E-state index contributed by atoms with van der Waals surface area (Å²) in [5, 5.41) is 1.89. The fourth-order valence-electron chi connectivity index (χ4n) is 3.91. The van der Waals surface area contributed by atoms with E-state index in [1.165, 1.54) is 12.3 Å². The van der Waals surface area contributed by atoms with Gasteiger partial charge in [0.2, 0.25) is 0 Å². The smallest absolute Gasteiger partial charge is 0 e. The van der Waals surface area contributed by atoms with Gasteiger partial charge in [0, 0.05) is 20.4 Å². The Morgan fingerprint density at radius 1 is 0.345 bits per heavy atom. The summed E-state index contributed by atoms with van der Waals surface area (Å²) in [4.78, 5) is 0. The van der Waals surface area contributed by atoms with E-state index < -0.39 is 0 Å². The normalized spacial score (nSPS) is 14.5. The molecule has 0 spiro atoms. The summed E-state index contributed by atoms with van der Waals surface area (Å²) in [6.45, 7) is 42.9. The third kappa shape index (κ3) is 17.7. The van der Waals surface area contributed by atoms with Crippen molar-refractivity contribution in [2.24, 2.45) is 10.8 Å². The molecule has 0 unspecified atom stereocenters. The van der Waals surface area contributed by atoms with Gasteiger partial charge >= 0.3 is 0 Å². The van der Waals surface area contributed by atoms with Gasteiger partial charge in [-0.25, -0.2) is 0 Å². The van der Waals surface area contributed by atoms with Crippen LogP contribution in [0.1, 0.15) is 125 Å². The van der Waals surface area contributed by atoms with Gasteiger partial charge in [-0.05, 0) is 43.8 Å². The van der Waals surface area contributed by atoms with E-state index in [-0.39, 0.29) is 36.3 Å². The van der Waals surface area contributed by atoms with Crippen LogP contribution in [0.3, 0.4) is 0 Å². The molecule has 0 saturated heterocycles. The van der Waals surface area contributed by atoms with Crippen molar-refractivity contribution in [2.75, 3.05) is 12.3 Å². The molecule has 0 aliphatic heterocycles. The first-order valence-corrected chi connectivity index (χ1v) is 14.3. The number of hydrogen-bond acceptors (Lipinski definition) is 0. The SMILES string of the molecule is CC(C)(C)CP(C(C)(C)C)C(C)(C)C.CC(C)(C)CP(C(C)(C)C)C(C)(C)C.[Pd]. The summed E-state index contributed by atoms with van der Waals surface area (Å²) in [5.41, 5.74) is 0.929. The van der Waals surface area contributed by atoms with Crippen molar-refractivity contribution in [3.05, 3.63) is 0 Å². The van der Waals surface area contributed by atoms with E-state index in [0.717, 1.165) is 0 Å². The molecule has 0 rings (SSSR count). The van der Waals surface area contributed by atoms with Crippen LogP contribution in [0.15, 0.2) is 0 Å².